The SMILES string of the molecule is CCN(CC)CCn1cc(C)nc1NCCOC. The van der Waals surface area contributed by atoms with Crippen LogP contribution in [0.1, 0.15) is 19.5 Å². The highest BCUT2D eigenvalue weighted by Crippen LogP contribution is 2.08. The maximum absolute atomic E-state index is 5.04. The van der Waals surface area contributed by atoms with Crippen molar-refractivity contribution in [2.45, 2.75) is 27.3 Å². The van der Waals surface area contributed by atoms with Gasteiger partial charge in [0.1, 0.15) is 0 Å². The van der Waals surface area contributed by atoms with E-state index in [0.717, 1.165) is 44.4 Å². The smallest absolute Gasteiger partial charge is 0.203 e. The zero-order valence-corrected chi connectivity index (χ0v) is 12.1. The number of nitrogens with one attached hydrogen (secondary N) is 1. The summed E-state index contributed by atoms with van der Waals surface area (Å²) in [5.41, 5.74) is 1.05. The predicted octanol–water partition coefficient (Wildman–Crippen LogP) is 1.59. The number of aryl methyl sites for hydroxylation is 1. The summed E-state index contributed by atoms with van der Waals surface area (Å²) >= 11 is 0. The molecule has 104 valence electrons. The number of anilines is 1. The quantitative estimate of drug-likeness (QED) is 0.680. The van der Waals surface area contributed by atoms with Gasteiger partial charge in [0, 0.05) is 32.9 Å². The van der Waals surface area contributed by atoms with E-state index in [1.54, 1.807) is 7.11 Å². The standard InChI is InChI=1S/C13H26N4O/c1-5-16(6-2)8-9-17-11-12(3)15-13(17)14-7-10-18-4/h11H,5-10H2,1-4H3,(H,14,15). The molecule has 1 aromatic heterocycles. The molecule has 1 rings (SSSR count). The molecular formula is C13H26N4O. The van der Waals surface area contributed by atoms with Crippen molar-refractivity contribution in [3.05, 3.63) is 11.9 Å². The van der Waals surface area contributed by atoms with Crippen molar-refractivity contribution in [3.8, 4) is 0 Å². The summed E-state index contributed by atoms with van der Waals surface area (Å²) in [5, 5.41) is 3.30. The Bertz CT molecular complexity index is 334. The lowest BCUT2D eigenvalue weighted by Crippen LogP contribution is -2.27. The number of aromatic nitrogens is 2. The van der Waals surface area contributed by atoms with Crippen LogP contribution < -0.4 is 5.32 Å². The number of hydrogen-bond acceptors (Lipinski definition) is 4. The van der Waals surface area contributed by atoms with Gasteiger partial charge in [-0.25, -0.2) is 4.98 Å². The van der Waals surface area contributed by atoms with Crippen LogP contribution >= 0.6 is 0 Å². The van der Waals surface area contributed by atoms with E-state index in [-0.39, 0.29) is 0 Å². The number of ether oxygens (including phenoxy) is 1. The molecule has 0 aliphatic rings. The minimum absolute atomic E-state index is 0.696. The van der Waals surface area contributed by atoms with E-state index in [9.17, 15) is 0 Å². The van der Waals surface area contributed by atoms with Crippen LogP contribution in [-0.4, -0.2) is 54.3 Å². The van der Waals surface area contributed by atoms with Gasteiger partial charge in [0.05, 0.1) is 12.3 Å². The lowest BCUT2D eigenvalue weighted by Gasteiger charge is -2.19. The van der Waals surface area contributed by atoms with E-state index in [1.807, 2.05) is 6.92 Å². The van der Waals surface area contributed by atoms with Crippen LogP contribution in [-0.2, 0) is 11.3 Å². The predicted molar refractivity (Wildman–Crippen MR) is 75.1 cm³/mol. The molecule has 0 aromatic carbocycles. The number of methoxy groups -OCH3 is 1. The maximum Gasteiger partial charge on any atom is 0.203 e. The van der Waals surface area contributed by atoms with Gasteiger partial charge >= 0.3 is 0 Å². The Labute approximate surface area is 110 Å². The molecule has 0 amide bonds. The molecule has 0 fully saturated rings. The fourth-order valence-electron chi connectivity index (χ4n) is 1.91. The summed E-state index contributed by atoms with van der Waals surface area (Å²) in [7, 11) is 1.71. The highest BCUT2D eigenvalue weighted by atomic mass is 16.5. The summed E-state index contributed by atoms with van der Waals surface area (Å²) in [6.07, 6.45) is 2.10. The molecule has 0 unspecified atom stereocenters. The Morgan fingerprint density at radius 3 is 2.72 bits per heavy atom. The van der Waals surface area contributed by atoms with E-state index >= 15 is 0 Å². The number of nitrogens with zero attached hydrogens (tertiary/aromatic N) is 3. The molecular weight excluding hydrogens is 228 g/mol. The first-order valence-electron chi connectivity index (χ1n) is 6.70. The second-order valence-corrected chi connectivity index (χ2v) is 4.35. The zero-order chi connectivity index (χ0) is 13.4. The van der Waals surface area contributed by atoms with Crippen molar-refractivity contribution in [2.75, 3.05) is 45.2 Å². The maximum atomic E-state index is 5.04. The monoisotopic (exact) mass is 254 g/mol. The fourth-order valence-corrected chi connectivity index (χ4v) is 1.91. The average Bonchev–Trinajstić information content (AvgIpc) is 2.71. The molecule has 0 saturated carbocycles. The molecule has 0 aliphatic carbocycles. The van der Waals surface area contributed by atoms with Crippen molar-refractivity contribution in [1.29, 1.82) is 0 Å². The van der Waals surface area contributed by atoms with E-state index in [1.165, 1.54) is 0 Å². The van der Waals surface area contributed by atoms with Crippen molar-refractivity contribution in [2.24, 2.45) is 0 Å². The van der Waals surface area contributed by atoms with Crippen LogP contribution in [0.5, 0.6) is 0 Å². The first kappa shape index (κ1) is 15.0. The topological polar surface area (TPSA) is 42.3 Å². The first-order chi connectivity index (χ1) is 8.71. The molecule has 0 bridgehead atoms. The minimum atomic E-state index is 0.696. The molecule has 18 heavy (non-hydrogen) atoms. The summed E-state index contributed by atoms with van der Waals surface area (Å²) in [5.74, 6) is 0.941. The number of likely N-dealkylation sites (N-methyl/N-ethyl adjacent to an activating group) is 1. The highest BCUT2D eigenvalue weighted by molar-refractivity contribution is 5.28. The van der Waals surface area contributed by atoms with Gasteiger partial charge in [-0.15, -0.1) is 0 Å². The van der Waals surface area contributed by atoms with Crippen LogP contribution in [0.15, 0.2) is 6.20 Å². The summed E-state index contributed by atoms with van der Waals surface area (Å²) in [6.45, 7) is 12.1. The van der Waals surface area contributed by atoms with E-state index < -0.39 is 0 Å². The van der Waals surface area contributed by atoms with Crippen LogP contribution in [0.3, 0.4) is 0 Å². The molecule has 1 aromatic rings. The zero-order valence-electron chi connectivity index (χ0n) is 12.1. The van der Waals surface area contributed by atoms with Gasteiger partial charge in [0.2, 0.25) is 5.95 Å². The Morgan fingerprint density at radius 1 is 1.39 bits per heavy atom. The van der Waals surface area contributed by atoms with Crippen LogP contribution in [0.25, 0.3) is 0 Å². The molecule has 0 radical (unpaired) electrons. The van der Waals surface area contributed by atoms with Crippen LogP contribution in [0.2, 0.25) is 0 Å². The van der Waals surface area contributed by atoms with Gasteiger partial charge in [-0.05, 0) is 20.0 Å². The molecule has 0 spiro atoms. The molecule has 5 heteroatoms. The van der Waals surface area contributed by atoms with E-state index in [0.29, 0.717) is 6.61 Å². The fraction of sp³-hybridized carbons (Fsp3) is 0.769. The normalized spacial score (nSPS) is 11.2. The van der Waals surface area contributed by atoms with Gasteiger partial charge in [-0.1, -0.05) is 13.8 Å². The van der Waals surface area contributed by atoms with E-state index in [2.05, 4.69) is 39.8 Å². The molecule has 0 saturated heterocycles. The third-order valence-electron chi connectivity index (χ3n) is 3.04. The van der Waals surface area contributed by atoms with Crippen molar-refractivity contribution in [3.63, 3.8) is 0 Å². The number of rotatable bonds is 9. The first-order valence-corrected chi connectivity index (χ1v) is 6.70. The van der Waals surface area contributed by atoms with Crippen molar-refractivity contribution < 1.29 is 4.74 Å². The minimum Gasteiger partial charge on any atom is -0.383 e. The average molecular weight is 254 g/mol. The summed E-state index contributed by atoms with van der Waals surface area (Å²) < 4.78 is 7.22. The molecule has 5 nitrogen and oxygen atoms in total. The molecule has 1 N–H and O–H groups in total. The van der Waals surface area contributed by atoms with Gasteiger partial charge in [0.15, 0.2) is 0 Å². The Balaban J connectivity index is 2.52. The second-order valence-electron chi connectivity index (χ2n) is 4.35. The van der Waals surface area contributed by atoms with Gasteiger partial charge in [0.25, 0.3) is 0 Å². The Morgan fingerprint density at radius 2 is 2.11 bits per heavy atom. The summed E-state index contributed by atoms with van der Waals surface area (Å²) in [6, 6.07) is 0. The van der Waals surface area contributed by atoms with Crippen LogP contribution in [0.4, 0.5) is 5.95 Å². The molecule has 0 atom stereocenters. The van der Waals surface area contributed by atoms with Crippen LogP contribution in [0, 0.1) is 6.92 Å². The Kier molecular flexibility index (Phi) is 6.75. The third kappa shape index (κ3) is 4.66. The number of hydrogen-bond donors (Lipinski definition) is 1. The largest absolute Gasteiger partial charge is 0.383 e. The second kappa shape index (κ2) is 8.11. The van der Waals surface area contributed by atoms with Crippen molar-refractivity contribution in [1.82, 2.24) is 14.5 Å². The van der Waals surface area contributed by atoms with Crippen molar-refractivity contribution >= 4 is 5.95 Å². The lowest BCUT2D eigenvalue weighted by molar-refractivity contribution is 0.210. The lowest BCUT2D eigenvalue weighted by atomic mass is 10.4. The number of imidazole rings is 1. The van der Waals surface area contributed by atoms with Gasteiger partial charge in [-0.3, -0.25) is 0 Å². The Hall–Kier alpha value is -1.07. The van der Waals surface area contributed by atoms with Gasteiger partial charge < -0.3 is 19.5 Å². The molecule has 0 aliphatic heterocycles. The highest BCUT2D eigenvalue weighted by Gasteiger charge is 2.06. The summed E-state index contributed by atoms with van der Waals surface area (Å²) in [4.78, 5) is 6.90. The molecule has 1 heterocycles. The van der Waals surface area contributed by atoms with Gasteiger partial charge in [-0.2, -0.15) is 0 Å². The van der Waals surface area contributed by atoms with E-state index in [4.69, 9.17) is 4.74 Å². The third-order valence-corrected chi connectivity index (χ3v) is 3.04.